The number of nitrogens with one attached hydrogen (secondary N) is 1. The summed E-state index contributed by atoms with van der Waals surface area (Å²) in [6, 6.07) is 8.28. The molecule has 3 nitrogen and oxygen atoms in total. The maximum atomic E-state index is 5.23. The van der Waals surface area contributed by atoms with E-state index in [4.69, 9.17) is 4.74 Å². The van der Waals surface area contributed by atoms with Crippen molar-refractivity contribution in [2.75, 3.05) is 33.8 Å². The van der Waals surface area contributed by atoms with Crippen molar-refractivity contribution in [1.82, 2.24) is 10.2 Å². The van der Waals surface area contributed by atoms with Crippen LogP contribution in [0.5, 0.6) is 5.75 Å². The Hall–Kier alpha value is -1.06. The number of likely N-dealkylation sites (tertiary alicyclic amines) is 1. The first-order valence-electron chi connectivity index (χ1n) is 7.30. The zero-order chi connectivity index (χ0) is 13.5. The van der Waals surface area contributed by atoms with E-state index < -0.39 is 0 Å². The summed E-state index contributed by atoms with van der Waals surface area (Å²) in [5, 5.41) is 3.54. The Balaban J connectivity index is 1.63. The molecule has 0 aliphatic carbocycles. The molecule has 19 heavy (non-hydrogen) atoms. The molecule has 0 aromatic heterocycles. The predicted molar refractivity (Wildman–Crippen MR) is 79.5 cm³/mol. The summed E-state index contributed by atoms with van der Waals surface area (Å²) in [5.41, 5.74) is 1.29. The summed E-state index contributed by atoms with van der Waals surface area (Å²) in [6.45, 7) is 4.58. The zero-order valence-electron chi connectivity index (χ0n) is 12.2. The van der Waals surface area contributed by atoms with Crippen LogP contribution in [-0.2, 0) is 6.54 Å². The molecule has 0 bridgehead atoms. The molecule has 1 fully saturated rings. The van der Waals surface area contributed by atoms with Crippen LogP contribution in [0.1, 0.15) is 24.8 Å². The standard InChI is InChI=1S/C16H26N2O/c1-18-10-7-14(8-11-18)6-9-17-13-15-4-3-5-16(12-15)19-2/h3-5,12,14,17H,6-11,13H2,1-2H3. The second-order valence-electron chi connectivity index (χ2n) is 5.56. The molecule has 0 atom stereocenters. The van der Waals surface area contributed by atoms with Crippen molar-refractivity contribution in [3.05, 3.63) is 29.8 Å². The van der Waals surface area contributed by atoms with E-state index in [2.05, 4.69) is 29.4 Å². The van der Waals surface area contributed by atoms with Crippen LogP contribution in [0.25, 0.3) is 0 Å². The minimum atomic E-state index is 0.911. The fourth-order valence-electron chi connectivity index (χ4n) is 2.67. The molecular formula is C16H26N2O. The lowest BCUT2D eigenvalue weighted by atomic mass is 9.94. The van der Waals surface area contributed by atoms with Gasteiger partial charge in [-0.15, -0.1) is 0 Å². The van der Waals surface area contributed by atoms with E-state index >= 15 is 0 Å². The number of rotatable bonds is 6. The first-order valence-corrected chi connectivity index (χ1v) is 7.30. The highest BCUT2D eigenvalue weighted by Gasteiger charge is 2.15. The van der Waals surface area contributed by atoms with Crippen LogP contribution in [0.15, 0.2) is 24.3 Å². The van der Waals surface area contributed by atoms with Crippen molar-refractivity contribution in [3.8, 4) is 5.75 Å². The molecule has 0 radical (unpaired) electrons. The number of ether oxygens (including phenoxy) is 1. The highest BCUT2D eigenvalue weighted by Crippen LogP contribution is 2.18. The maximum absolute atomic E-state index is 5.23. The molecule has 0 spiro atoms. The largest absolute Gasteiger partial charge is 0.497 e. The quantitative estimate of drug-likeness (QED) is 0.797. The van der Waals surface area contributed by atoms with Gasteiger partial charge in [-0.05, 0) is 69.6 Å². The smallest absolute Gasteiger partial charge is 0.119 e. The Morgan fingerprint density at radius 2 is 2.11 bits per heavy atom. The monoisotopic (exact) mass is 262 g/mol. The van der Waals surface area contributed by atoms with Gasteiger partial charge >= 0.3 is 0 Å². The molecule has 0 unspecified atom stereocenters. The first kappa shape index (κ1) is 14.4. The molecule has 1 aromatic rings. The van der Waals surface area contributed by atoms with Gasteiger partial charge in [-0.1, -0.05) is 12.1 Å². The van der Waals surface area contributed by atoms with Gasteiger partial charge in [-0.25, -0.2) is 0 Å². The second-order valence-corrected chi connectivity index (χ2v) is 5.56. The lowest BCUT2D eigenvalue weighted by Crippen LogP contribution is -2.31. The molecule has 0 amide bonds. The Morgan fingerprint density at radius 1 is 1.32 bits per heavy atom. The third kappa shape index (κ3) is 4.84. The highest BCUT2D eigenvalue weighted by molar-refractivity contribution is 5.28. The molecule has 0 saturated carbocycles. The van der Waals surface area contributed by atoms with Crippen molar-refractivity contribution in [2.45, 2.75) is 25.8 Å². The van der Waals surface area contributed by atoms with Crippen LogP contribution >= 0.6 is 0 Å². The van der Waals surface area contributed by atoms with E-state index in [1.54, 1.807) is 7.11 Å². The van der Waals surface area contributed by atoms with Crippen LogP contribution in [0.3, 0.4) is 0 Å². The predicted octanol–water partition coefficient (Wildman–Crippen LogP) is 2.52. The van der Waals surface area contributed by atoms with Gasteiger partial charge in [0.2, 0.25) is 0 Å². The van der Waals surface area contributed by atoms with Gasteiger partial charge in [0, 0.05) is 6.54 Å². The van der Waals surface area contributed by atoms with Crippen LogP contribution in [-0.4, -0.2) is 38.7 Å². The molecule has 2 rings (SSSR count). The Labute approximate surface area is 116 Å². The van der Waals surface area contributed by atoms with Crippen molar-refractivity contribution in [1.29, 1.82) is 0 Å². The van der Waals surface area contributed by atoms with Gasteiger partial charge in [0.1, 0.15) is 5.75 Å². The van der Waals surface area contributed by atoms with Crippen molar-refractivity contribution < 1.29 is 4.74 Å². The van der Waals surface area contributed by atoms with Gasteiger partial charge < -0.3 is 15.0 Å². The third-order valence-electron chi connectivity index (χ3n) is 4.03. The molecule has 1 aliphatic rings. The van der Waals surface area contributed by atoms with E-state index in [9.17, 15) is 0 Å². The molecule has 3 heteroatoms. The number of methoxy groups -OCH3 is 1. The van der Waals surface area contributed by atoms with Gasteiger partial charge in [-0.3, -0.25) is 0 Å². The highest BCUT2D eigenvalue weighted by atomic mass is 16.5. The number of nitrogens with zero attached hydrogens (tertiary/aromatic N) is 1. The van der Waals surface area contributed by atoms with Gasteiger partial charge in [-0.2, -0.15) is 0 Å². The molecule has 1 heterocycles. The zero-order valence-corrected chi connectivity index (χ0v) is 12.2. The lowest BCUT2D eigenvalue weighted by molar-refractivity contribution is 0.211. The Kier molecular flexibility index (Phi) is 5.67. The summed E-state index contributed by atoms with van der Waals surface area (Å²) in [5.74, 6) is 1.85. The molecule has 1 aromatic carbocycles. The molecule has 106 valence electrons. The van der Waals surface area contributed by atoms with E-state index in [1.807, 2.05) is 12.1 Å². The third-order valence-corrected chi connectivity index (χ3v) is 4.03. The fraction of sp³-hybridized carbons (Fsp3) is 0.625. The van der Waals surface area contributed by atoms with Crippen LogP contribution in [0.4, 0.5) is 0 Å². The first-order chi connectivity index (χ1) is 9.28. The molecule has 1 N–H and O–H groups in total. The van der Waals surface area contributed by atoms with E-state index in [-0.39, 0.29) is 0 Å². The fourth-order valence-corrected chi connectivity index (χ4v) is 2.67. The van der Waals surface area contributed by atoms with Crippen molar-refractivity contribution in [3.63, 3.8) is 0 Å². The van der Waals surface area contributed by atoms with Gasteiger partial charge in [0.25, 0.3) is 0 Å². The van der Waals surface area contributed by atoms with Crippen LogP contribution in [0, 0.1) is 5.92 Å². The second kappa shape index (κ2) is 7.51. The lowest BCUT2D eigenvalue weighted by Gasteiger charge is -2.28. The van der Waals surface area contributed by atoms with Crippen molar-refractivity contribution >= 4 is 0 Å². The number of piperidine rings is 1. The number of benzene rings is 1. The van der Waals surface area contributed by atoms with E-state index in [0.717, 1.165) is 24.8 Å². The SMILES string of the molecule is COc1cccc(CNCCC2CCN(C)CC2)c1. The van der Waals surface area contributed by atoms with Gasteiger partial charge in [0.05, 0.1) is 7.11 Å². The van der Waals surface area contributed by atoms with E-state index in [1.165, 1.54) is 37.9 Å². The maximum Gasteiger partial charge on any atom is 0.119 e. The minimum absolute atomic E-state index is 0.911. The Morgan fingerprint density at radius 3 is 2.84 bits per heavy atom. The van der Waals surface area contributed by atoms with Crippen LogP contribution < -0.4 is 10.1 Å². The summed E-state index contributed by atoms with van der Waals surface area (Å²) < 4.78 is 5.23. The average Bonchev–Trinajstić information content (AvgIpc) is 2.46. The molecular weight excluding hydrogens is 236 g/mol. The number of hydrogen-bond donors (Lipinski definition) is 1. The summed E-state index contributed by atoms with van der Waals surface area (Å²) in [6.07, 6.45) is 4.02. The van der Waals surface area contributed by atoms with Crippen molar-refractivity contribution in [2.24, 2.45) is 5.92 Å². The van der Waals surface area contributed by atoms with E-state index in [0.29, 0.717) is 0 Å². The summed E-state index contributed by atoms with van der Waals surface area (Å²) >= 11 is 0. The minimum Gasteiger partial charge on any atom is -0.497 e. The average molecular weight is 262 g/mol. The molecule has 1 aliphatic heterocycles. The summed E-state index contributed by atoms with van der Waals surface area (Å²) in [4.78, 5) is 2.43. The normalized spacial score (nSPS) is 17.6. The number of hydrogen-bond acceptors (Lipinski definition) is 3. The Bertz CT molecular complexity index is 373. The van der Waals surface area contributed by atoms with Gasteiger partial charge in [0.15, 0.2) is 0 Å². The topological polar surface area (TPSA) is 24.5 Å². The van der Waals surface area contributed by atoms with Crippen LogP contribution in [0.2, 0.25) is 0 Å². The molecule has 1 saturated heterocycles. The summed E-state index contributed by atoms with van der Waals surface area (Å²) in [7, 11) is 3.93.